The number of rotatable bonds is 9. The highest BCUT2D eigenvalue weighted by Crippen LogP contribution is 2.30. The molecule has 0 radical (unpaired) electrons. The molecule has 0 saturated carbocycles. The summed E-state index contributed by atoms with van der Waals surface area (Å²) in [5, 5.41) is 8.93. The van der Waals surface area contributed by atoms with Gasteiger partial charge in [0, 0.05) is 36.6 Å². The number of hydrogen-bond donors (Lipinski definition) is 3. The van der Waals surface area contributed by atoms with E-state index in [4.69, 9.17) is 22.2 Å². The van der Waals surface area contributed by atoms with Crippen molar-refractivity contribution in [2.24, 2.45) is 22.7 Å². The van der Waals surface area contributed by atoms with Gasteiger partial charge >= 0.3 is 0 Å². The molecule has 0 unspecified atom stereocenters. The summed E-state index contributed by atoms with van der Waals surface area (Å²) in [6, 6.07) is 4.32. The Hall–Kier alpha value is -3.77. The van der Waals surface area contributed by atoms with E-state index in [1.54, 1.807) is 18.5 Å². The van der Waals surface area contributed by atoms with Crippen LogP contribution in [0, 0.1) is 17.6 Å². The number of aromatic nitrogens is 3. The quantitative estimate of drug-likeness (QED) is 0.167. The molecular formula is C26H35F2N9O. The Labute approximate surface area is 221 Å². The van der Waals surface area contributed by atoms with Gasteiger partial charge in [-0.1, -0.05) is 20.3 Å². The third-order valence-corrected chi connectivity index (χ3v) is 6.43. The van der Waals surface area contributed by atoms with Crippen LogP contribution < -0.4 is 27.2 Å². The highest BCUT2D eigenvalue weighted by molar-refractivity contribution is 6.12. The number of amidine groups is 1. The average Bonchev–Trinajstić information content (AvgIpc) is 3.36. The highest BCUT2D eigenvalue weighted by atomic mass is 19.2. The van der Waals surface area contributed by atoms with Crippen molar-refractivity contribution in [3.63, 3.8) is 0 Å². The van der Waals surface area contributed by atoms with Crippen LogP contribution in [0.2, 0.25) is 0 Å². The second-order valence-corrected chi connectivity index (χ2v) is 9.79. The number of benzene rings is 1. The van der Waals surface area contributed by atoms with E-state index in [2.05, 4.69) is 33.9 Å². The fraction of sp³-hybridized carbons (Fsp3) is 0.423. The molecule has 0 bridgehead atoms. The van der Waals surface area contributed by atoms with E-state index in [1.807, 2.05) is 10.9 Å². The SMILES string of the molecule is CC(C)Cn1cc(-c2cnc(N)c(/C(=N/N)N(N)c3ccc(OCCN4CCCCC4)c(F)c3F)c2)cn1. The third-order valence-electron chi connectivity index (χ3n) is 6.43. The van der Waals surface area contributed by atoms with Crippen molar-refractivity contribution in [1.82, 2.24) is 19.7 Å². The van der Waals surface area contributed by atoms with Gasteiger partial charge in [0.25, 0.3) is 0 Å². The van der Waals surface area contributed by atoms with Crippen LogP contribution in [0.4, 0.5) is 20.3 Å². The molecule has 4 rings (SSSR count). The minimum Gasteiger partial charge on any atom is -0.489 e. The molecule has 0 spiro atoms. The predicted molar refractivity (Wildman–Crippen MR) is 144 cm³/mol. The predicted octanol–water partition coefficient (Wildman–Crippen LogP) is 3.33. The van der Waals surface area contributed by atoms with Crippen LogP contribution in [0.15, 0.2) is 41.9 Å². The Morgan fingerprint density at radius 2 is 1.89 bits per heavy atom. The second kappa shape index (κ2) is 12.2. The van der Waals surface area contributed by atoms with Gasteiger partial charge < -0.3 is 16.3 Å². The molecule has 6 N–H and O–H groups in total. The molecule has 3 heterocycles. The first-order chi connectivity index (χ1) is 18.3. The lowest BCUT2D eigenvalue weighted by atomic mass is 10.1. The van der Waals surface area contributed by atoms with E-state index >= 15 is 4.39 Å². The van der Waals surface area contributed by atoms with Crippen molar-refractivity contribution in [1.29, 1.82) is 0 Å². The van der Waals surface area contributed by atoms with Gasteiger partial charge in [-0.25, -0.2) is 15.2 Å². The zero-order valence-electron chi connectivity index (χ0n) is 21.8. The van der Waals surface area contributed by atoms with Crippen molar-refractivity contribution in [3.05, 3.63) is 54.0 Å². The van der Waals surface area contributed by atoms with Gasteiger partial charge in [-0.2, -0.15) is 14.6 Å². The standard InChI is InChI=1S/C26H35F2N9O/c1-17(2)15-36-16-19(14-33-36)18-12-20(25(29)32-13-18)26(34-30)37(31)21-6-7-22(24(28)23(21)27)38-11-10-35-8-4-3-5-9-35/h6-7,12-14,16-17H,3-5,8-11,15,30-31H2,1-2H3,(H2,29,32)/b34-26-. The summed E-state index contributed by atoms with van der Waals surface area (Å²) in [6.45, 7) is 7.82. The minimum absolute atomic E-state index is 0.0709. The maximum absolute atomic E-state index is 15.1. The normalized spacial score (nSPS) is 14.7. The summed E-state index contributed by atoms with van der Waals surface area (Å²) in [7, 11) is 0. The fourth-order valence-corrected chi connectivity index (χ4v) is 4.46. The zero-order chi connectivity index (χ0) is 27.2. The molecule has 3 aromatic rings. The number of nitrogen functional groups attached to an aromatic ring is 1. The second-order valence-electron chi connectivity index (χ2n) is 9.79. The summed E-state index contributed by atoms with van der Waals surface area (Å²) in [5.74, 6) is 9.69. The van der Waals surface area contributed by atoms with Crippen LogP contribution in [0.25, 0.3) is 11.1 Å². The first kappa shape index (κ1) is 27.3. The van der Waals surface area contributed by atoms with E-state index in [9.17, 15) is 4.39 Å². The van der Waals surface area contributed by atoms with Crippen LogP contribution in [0.1, 0.15) is 38.7 Å². The van der Waals surface area contributed by atoms with E-state index in [-0.39, 0.29) is 35.3 Å². The monoisotopic (exact) mass is 527 g/mol. The van der Waals surface area contributed by atoms with Crippen molar-refractivity contribution >= 4 is 17.3 Å². The van der Waals surface area contributed by atoms with E-state index in [0.29, 0.717) is 18.0 Å². The Balaban J connectivity index is 1.53. The van der Waals surface area contributed by atoms with Gasteiger partial charge in [0.05, 0.1) is 17.4 Å². The largest absolute Gasteiger partial charge is 0.489 e. The number of halogens is 2. The van der Waals surface area contributed by atoms with Crippen LogP contribution in [-0.4, -0.2) is 51.7 Å². The van der Waals surface area contributed by atoms with E-state index in [0.717, 1.165) is 43.0 Å². The Morgan fingerprint density at radius 1 is 1.13 bits per heavy atom. The molecule has 38 heavy (non-hydrogen) atoms. The van der Waals surface area contributed by atoms with Crippen LogP contribution >= 0.6 is 0 Å². The number of pyridine rings is 1. The lowest BCUT2D eigenvalue weighted by molar-refractivity contribution is 0.179. The zero-order valence-corrected chi connectivity index (χ0v) is 21.8. The molecule has 204 valence electrons. The van der Waals surface area contributed by atoms with E-state index in [1.165, 1.54) is 18.6 Å². The molecule has 1 aromatic carbocycles. The van der Waals surface area contributed by atoms with Gasteiger partial charge in [-0.15, -0.1) is 0 Å². The van der Waals surface area contributed by atoms with Crippen LogP contribution in [0.5, 0.6) is 5.75 Å². The Morgan fingerprint density at radius 3 is 2.61 bits per heavy atom. The molecule has 1 aliphatic heterocycles. The number of likely N-dealkylation sites (tertiary alicyclic amines) is 1. The molecule has 0 amide bonds. The topological polar surface area (TPSA) is 137 Å². The minimum atomic E-state index is -1.19. The first-order valence-corrected chi connectivity index (χ1v) is 12.7. The summed E-state index contributed by atoms with van der Waals surface area (Å²) >= 11 is 0. The van der Waals surface area contributed by atoms with Crippen LogP contribution in [-0.2, 0) is 6.54 Å². The van der Waals surface area contributed by atoms with Crippen molar-refractivity contribution in [2.45, 2.75) is 39.7 Å². The fourth-order valence-electron chi connectivity index (χ4n) is 4.46. The van der Waals surface area contributed by atoms with Crippen molar-refractivity contribution < 1.29 is 13.5 Å². The number of nitrogens with zero attached hydrogens (tertiary/aromatic N) is 6. The number of piperidine rings is 1. The van der Waals surface area contributed by atoms with Gasteiger partial charge in [-0.05, 0) is 50.0 Å². The van der Waals surface area contributed by atoms with Gasteiger partial charge in [0.2, 0.25) is 5.82 Å². The van der Waals surface area contributed by atoms with Gasteiger partial charge in [0.1, 0.15) is 12.4 Å². The summed E-state index contributed by atoms with van der Waals surface area (Å²) in [5.41, 5.74) is 7.54. The van der Waals surface area contributed by atoms with E-state index < -0.39 is 11.6 Å². The molecule has 0 aliphatic carbocycles. The lowest BCUT2D eigenvalue weighted by Gasteiger charge is -2.26. The third kappa shape index (κ3) is 6.20. The Bertz CT molecular complexity index is 1270. The lowest BCUT2D eigenvalue weighted by Crippen LogP contribution is -2.40. The number of nitrogens with two attached hydrogens (primary N) is 3. The van der Waals surface area contributed by atoms with Gasteiger partial charge in [0.15, 0.2) is 17.4 Å². The molecule has 0 atom stereocenters. The van der Waals surface area contributed by atoms with Crippen LogP contribution in [0.3, 0.4) is 0 Å². The molecule has 1 aliphatic rings. The number of hydrazine groups is 1. The van der Waals surface area contributed by atoms with Crippen molar-refractivity contribution in [3.8, 4) is 16.9 Å². The maximum atomic E-state index is 15.1. The molecule has 10 nitrogen and oxygen atoms in total. The van der Waals surface area contributed by atoms with Crippen molar-refractivity contribution in [2.75, 3.05) is 37.0 Å². The summed E-state index contributed by atoms with van der Waals surface area (Å²) in [6.07, 6.45) is 8.67. The summed E-state index contributed by atoms with van der Waals surface area (Å²) in [4.78, 5) is 6.48. The average molecular weight is 528 g/mol. The van der Waals surface area contributed by atoms with Gasteiger partial charge in [-0.3, -0.25) is 14.6 Å². The first-order valence-electron chi connectivity index (χ1n) is 12.7. The number of hydrazone groups is 1. The Kier molecular flexibility index (Phi) is 8.74. The summed E-state index contributed by atoms with van der Waals surface area (Å²) < 4.78 is 37.4. The highest BCUT2D eigenvalue weighted by Gasteiger charge is 2.24. The number of anilines is 2. The smallest absolute Gasteiger partial charge is 0.202 e. The molecule has 2 aromatic heterocycles. The molecule has 1 saturated heterocycles. The molecule has 12 heteroatoms. The number of ether oxygens (including phenoxy) is 1. The number of hydrogen-bond acceptors (Lipinski definition) is 8. The molecular weight excluding hydrogens is 492 g/mol. The molecule has 1 fully saturated rings. The maximum Gasteiger partial charge on any atom is 0.202 e.